The van der Waals surface area contributed by atoms with Gasteiger partial charge in [0.1, 0.15) is 29.9 Å². The lowest BCUT2D eigenvalue weighted by molar-refractivity contribution is -0.133. The SMILES string of the molecule is COc1cccc(N(C(=O)[C@@H]2CCC(O)N2c2cc(C#N)ccn2)[C@H](C(=O)NC2CC(F)(F)C2)c2ccccc2Cl)c1. The Morgan fingerprint density at radius 3 is 2.64 bits per heavy atom. The van der Waals surface area contributed by atoms with E-state index in [1.54, 1.807) is 48.5 Å². The number of aromatic nitrogens is 1. The number of benzene rings is 2. The predicted octanol–water partition coefficient (Wildman–Crippen LogP) is 4.59. The number of carbonyl (C=O) groups excluding carboxylic acids is 2. The summed E-state index contributed by atoms with van der Waals surface area (Å²) < 4.78 is 32.7. The van der Waals surface area contributed by atoms with E-state index in [2.05, 4.69) is 10.3 Å². The van der Waals surface area contributed by atoms with Crippen LogP contribution in [0.2, 0.25) is 5.02 Å². The molecular weight excluding hydrogens is 568 g/mol. The second-order valence-electron chi connectivity index (χ2n) is 10.3. The van der Waals surface area contributed by atoms with E-state index in [1.165, 1.54) is 35.2 Å². The molecule has 3 atom stereocenters. The van der Waals surface area contributed by atoms with Crippen LogP contribution in [0.15, 0.2) is 66.9 Å². The summed E-state index contributed by atoms with van der Waals surface area (Å²) in [4.78, 5) is 35.5. The van der Waals surface area contributed by atoms with Crippen molar-refractivity contribution >= 4 is 34.9 Å². The van der Waals surface area contributed by atoms with Gasteiger partial charge < -0.3 is 20.1 Å². The molecule has 5 rings (SSSR count). The molecule has 1 aromatic heterocycles. The molecule has 2 N–H and O–H groups in total. The minimum absolute atomic E-state index is 0.198. The Labute approximate surface area is 246 Å². The molecule has 9 nitrogen and oxygen atoms in total. The number of halogens is 3. The number of ether oxygens (including phenoxy) is 1. The van der Waals surface area contributed by atoms with E-state index in [1.807, 2.05) is 6.07 Å². The molecule has 0 radical (unpaired) electrons. The Balaban J connectivity index is 1.61. The summed E-state index contributed by atoms with van der Waals surface area (Å²) in [7, 11) is 1.46. The van der Waals surface area contributed by atoms with E-state index in [0.29, 0.717) is 17.0 Å². The van der Waals surface area contributed by atoms with Crippen molar-refractivity contribution in [2.75, 3.05) is 16.9 Å². The average Bonchev–Trinajstić information content (AvgIpc) is 3.36. The third-order valence-electron chi connectivity index (χ3n) is 7.49. The second kappa shape index (κ2) is 11.9. The molecule has 0 spiro atoms. The van der Waals surface area contributed by atoms with E-state index < -0.39 is 54.9 Å². The molecule has 3 aromatic rings. The Morgan fingerprint density at radius 2 is 1.95 bits per heavy atom. The highest BCUT2D eigenvalue weighted by molar-refractivity contribution is 6.31. The van der Waals surface area contributed by atoms with Crippen LogP contribution in [0.4, 0.5) is 20.3 Å². The number of hydrogen-bond donors (Lipinski definition) is 2. The van der Waals surface area contributed by atoms with Crippen molar-refractivity contribution < 1.29 is 28.2 Å². The second-order valence-corrected chi connectivity index (χ2v) is 10.7. The number of pyridine rings is 1. The van der Waals surface area contributed by atoms with Crippen molar-refractivity contribution in [2.24, 2.45) is 0 Å². The first-order valence-corrected chi connectivity index (χ1v) is 13.7. The maximum Gasteiger partial charge on any atom is 0.252 e. The molecule has 1 saturated heterocycles. The van der Waals surface area contributed by atoms with Gasteiger partial charge in [-0.25, -0.2) is 13.8 Å². The number of nitriles is 1. The highest BCUT2D eigenvalue weighted by atomic mass is 35.5. The normalized spacial score (nSPS) is 20.2. The fourth-order valence-electron chi connectivity index (χ4n) is 5.44. The van der Waals surface area contributed by atoms with Crippen LogP contribution in [-0.4, -0.2) is 53.2 Å². The Morgan fingerprint density at radius 1 is 1.19 bits per heavy atom. The molecule has 2 fully saturated rings. The van der Waals surface area contributed by atoms with E-state index in [-0.39, 0.29) is 29.2 Å². The molecule has 1 saturated carbocycles. The molecule has 42 heavy (non-hydrogen) atoms. The van der Waals surface area contributed by atoms with Crippen LogP contribution in [-0.2, 0) is 9.59 Å². The van der Waals surface area contributed by atoms with E-state index >= 15 is 0 Å². The highest BCUT2D eigenvalue weighted by Gasteiger charge is 2.48. The fourth-order valence-corrected chi connectivity index (χ4v) is 5.68. The molecule has 2 aliphatic rings. The molecular formula is C30H28ClF2N5O4. The molecule has 2 heterocycles. The van der Waals surface area contributed by atoms with Gasteiger partial charge in [0.25, 0.3) is 11.8 Å². The fraction of sp³-hybridized carbons (Fsp3) is 0.333. The van der Waals surface area contributed by atoms with Crippen molar-refractivity contribution in [3.05, 3.63) is 83.0 Å². The van der Waals surface area contributed by atoms with Gasteiger partial charge in [-0.3, -0.25) is 14.5 Å². The lowest BCUT2D eigenvalue weighted by Crippen LogP contribution is -2.56. The van der Waals surface area contributed by atoms with Gasteiger partial charge in [-0.2, -0.15) is 5.26 Å². The first-order chi connectivity index (χ1) is 20.1. The molecule has 12 heteroatoms. The van der Waals surface area contributed by atoms with Crippen molar-refractivity contribution in [1.29, 1.82) is 5.26 Å². The third-order valence-corrected chi connectivity index (χ3v) is 7.84. The van der Waals surface area contributed by atoms with Gasteiger partial charge in [0.05, 0.1) is 18.7 Å². The third kappa shape index (κ3) is 5.86. The summed E-state index contributed by atoms with van der Waals surface area (Å²) in [5.41, 5.74) is 0.868. The minimum Gasteiger partial charge on any atom is -0.497 e. The van der Waals surface area contributed by atoms with E-state index in [0.717, 1.165) is 0 Å². The van der Waals surface area contributed by atoms with Gasteiger partial charge in [0, 0.05) is 47.4 Å². The maximum absolute atomic E-state index is 14.6. The number of methoxy groups -OCH3 is 1. The molecule has 1 aliphatic heterocycles. The smallest absolute Gasteiger partial charge is 0.252 e. The van der Waals surface area contributed by atoms with Crippen LogP contribution in [0, 0.1) is 11.3 Å². The minimum atomic E-state index is -2.87. The zero-order chi connectivity index (χ0) is 30.0. The summed E-state index contributed by atoms with van der Waals surface area (Å²) in [6, 6.07) is 14.9. The lowest BCUT2D eigenvalue weighted by Gasteiger charge is -2.39. The number of carbonyl (C=O) groups is 2. The molecule has 2 aromatic carbocycles. The van der Waals surface area contributed by atoms with Crippen LogP contribution in [0.1, 0.15) is 42.9 Å². The Kier molecular flexibility index (Phi) is 8.29. The topological polar surface area (TPSA) is 119 Å². The number of aliphatic hydroxyl groups is 1. The predicted molar refractivity (Wildman–Crippen MR) is 151 cm³/mol. The highest BCUT2D eigenvalue weighted by Crippen LogP contribution is 2.40. The van der Waals surface area contributed by atoms with Crippen molar-refractivity contribution in [3.63, 3.8) is 0 Å². The van der Waals surface area contributed by atoms with E-state index in [4.69, 9.17) is 16.3 Å². The average molecular weight is 596 g/mol. The maximum atomic E-state index is 14.6. The number of hydrogen-bond acceptors (Lipinski definition) is 7. The summed E-state index contributed by atoms with van der Waals surface area (Å²) >= 11 is 6.57. The molecule has 218 valence electrons. The van der Waals surface area contributed by atoms with Crippen LogP contribution in [0.3, 0.4) is 0 Å². The number of aliphatic hydroxyl groups excluding tert-OH is 1. The van der Waals surface area contributed by atoms with Gasteiger partial charge in [0.15, 0.2) is 0 Å². The van der Waals surface area contributed by atoms with Crippen LogP contribution >= 0.6 is 11.6 Å². The number of amides is 2. The van der Waals surface area contributed by atoms with Gasteiger partial charge in [-0.05, 0) is 43.2 Å². The van der Waals surface area contributed by atoms with Gasteiger partial charge in [-0.15, -0.1) is 0 Å². The number of rotatable bonds is 8. The van der Waals surface area contributed by atoms with Crippen LogP contribution in [0.25, 0.3) is 0 Å². The first kappa shape index (κ1) is 29.2. The van der Waals surface area contributed by atoms with Crippen molar-refractivity contribution in [3.8, 4) is 11.8 Å². The quantitative estimate of drug-likeness (QED) is 0.391. The Bertz CT molecular complexity index is 1530. The number of nitrogens with one attached hydrogen (secondary N) is 1. The number of alkyl halides is 2. The monoisotopic (exact) mass is 595 g/mol. The zero-order valence-electron chi connectivity index (χ0n) is 22.6. The molecule has 2 amide bonds. The van der Waals surface area contributed by atoms with Crippen molar-refractivity contribution in [1.82, 2.24) is 10.3 Å². The standard InChI is InChI=1S/C30H28ClF2N5O4/c1-42-21-6-4-5-20(14-21)37(29(41)24-9-10-26(39)38(24)25-13-18(17-34)11-12-35-25)27(22-7-2-3-8-23(22)31)28(40)36-19-15-30(32,33)16-19/h2-8,11-14,19,24,26-27,39H,9-10,15-16H2,1H3,(H,36,40)/t24-,26?,27-/m0/s1. The molecule has 1 unspecified atom stereocenters. The summed E-state index contributed by atoms with van der Waals surface area (Å²) in [6.07, 6.45) is -0.257. The summed E-state index contributed by atoms with van der Waals surface area (Å²) in [5, 5.41) is 23.2. The lowest BCUT2D eigenvalue weighted by atomic mass is 9.87. The molecule has 0 bridgehead atoms. The summed E-state index contributed by atoms with van der Waals surface area (Å²) in [5.74, 6) is -3.49. The zero-order valence-corrected chi connectivity index (χ0v) is 23.3. The van der Waals surface area contributed by atoms with Gasteiger partial charge >= 0.3 is 0 Å². The molecule has 1 aliphatic carbocycles. The Hall–Kier alpha value is -4.27. The number of anilines is 2. The summed E-state index contributed by atoms with van der Waals surface area (Å²) in [6.45, 7) is 0. The van der Waals surface area contributed by atoms with E-state index in [9.17, 15) is 28.7 Å². The van der Waals surface area contributed by atoms with Crippen LogP contribution < -0.4 is 19.9 Å². The number of nitrogens with zero attached hydrogens (tertiary/aromatic N) is 4. The van der Waals surface area contributed by atoms with Crippen molar-refractivity contribution in [2.45, 2.75) is 56.0 Å². The largest absolute Gasteiger partial charge is 0.497 e. The first-order valence-electron chi connectivity index (χ1n) is 13.3. The van der Waals surface area contributed by atoms with Gasteiger partial charge in [0.2, 0.25) is 5.91 Å². The van der Waals surface area contributed by atoms with Crippen LogP contribution in [0.5, 0.6) is 5.75 Å². The van der Waals surface area contributed by atoms with Gasteiger partial charge in [-0.1, -0.05) is 35.9 Å².